The van der Waals surface area contributed by atoms with E-state index < -0.39 is 18.3 Å². The maximum absolute atomic E-state index is 12.5. The van der Waals surface area contributed by atoms with Gasteiger partial charge in [0.25, 0.3) is 5.91 Å². The Hall–Kier alpha value is -2.04. The molecule has 1 aromatic heterocycles. The smallest absolute Gasteiger partial charge is 0.275 e. The molecular weight excluding hydrogens is 382 g/mol. The number of thiazole rings is 1. The van der Waals surface area contributed by atoms with E-state index in [0.29, 0.717) is 22.8 Å². The number of aliphatic hydroxyl groups is 2. The molecule has 2 fully saturated rings. The van der Waals surface area contributed by atoms with Gasteiger partial charge in [-0.3, -0.25) is 4.79 Å². The van der Waals surface area contributed by atoms with Crippen LogP contribution in [0.1, 0.15) is 28.0 Å². The molecule has 3 N–H and O–H groups in total. The van der Waals surface area contributed by atoms with Crippen molar-refractivity contribution in [3.63, 3.8) is 0 Å². The minimum Gasteiger partial charge on any atom is -0.394 e. The van der Waals surface area contributed by atoms with E-state index in [-0.39, 0.29) is 12.5 Å². The van der Waals surface area contributed by atoms with Gasteiger partial charge in [0.1, 0.15) is 22.9 Å². The first-order chi connectivity index (χ1) is 13.6. The van der Waals surface area contributed by atoms with Crippen molar-refractivity contribution in [1.29, 1.82) is 0 Å². The number of hydrogen-bond acceptors (Lipinski definition) is 8. The Balaban J connectivity index is 1.37. The average molecular weight is 405 g/mol. The van der Waals surface area contributed by atoms with E-state index in [4.69, 9.17) is 9.47 Å². The molecular formula is C19H23N3O5S. The lowest BCUT2D eigenvalue weighted by Crippen LogP contribution is -2.36. The lowest BCUT2D eigenvalue weighted by atomic mass is 10.1. The highest BCUT2D eigenvalue weighted by Crippen LogP contribution is 2.34. The Kier molecular flexibility index (Phi) is 5.88. The fraction of sp³-hybridized carbons (Fsp3) is 0.474. The monoisotopic (exact) mass is 405 g/mol. The Bertz CT molecular complexity index is 806. The number of aliphatic hydroxyl groups excluding tert-OH is 2. The number of hydrogen-bond donors (Lipinski definition) is 3. The summed E-state index contributed by atoms with van der Waals surface area (Å²) in [5.74, 6) is -0.293. The van der Waals surface area contributed by atoms with Crippen molar-refractivity contribution in [3.05, 3.63) is 40.3 Å². The van der Waals surface area contributed by atoms with E-state index in [2.05, 4.69) is 15.2 Å². The number of anilines is 2. The number of morpholine rings is 1. The number of aromatic nitrogens is 1. The molecule has 2 aliphatic rings. The van der Waals surface area contributed by atoms with Crippen LogP contribution in [0.25, 0.3) is 0 Å². The predicted octanol–water partition coefficient (Wildman–Crippen LogP) is 1.42. The number of nitrogens with one attached hydrogen (secondary N) is 1. The topological polar surface area (TPSA) is 104 Å². The van der Waals surface area contributed by atoms with Gasteiger partial charge in [-0.1, -0.05) is 0 Å². The largest absolute Gasteiger partial charge is 0.394 e. The summed E-state index contributed by atoms with van der Waals surface area (Å²) in [7, 11) is 0. The van der Waals surface area contributed by atoms with Crippen molar-refractivity contribution in [2.75, 3.05) is 43.1 Å². The number of rotatable bonds is 5. The first-order valence-corrected chi connectivity index (χ1v) is 10.2. The van der Waals surface area contributed by atoms with Gasteiger partial charge < -0.3 is 29.9 Å². The van der Waals surface area contributed by atoms with Crippen LogP contribution in [0.4, 0.5) is 11.4 Å². The normalized spacial score (nSPS) is 25.1. The number of carbonyl (C=O) groups excluding carboxylic acids is 1. The van der Waals surface area contributed by atoms with Crippen molar-refractivity contribution in [1.82, 2.24) is 4.98 Å². The number of ether oxygens (including phenoxy) is 2. The van der Waals surface area contributed by atoms with Gasteiger partial charge in [-0.05, 0) is 24.3 Å². The van der Waals surface area contributed by atoms with Gasteiger partial charge in [0, 0.05) is 36.3 Å². The SMILES string of the molecule is O=C(Nc1ccc(N2CCOCC2)cc1)c1csc([C@@H]2C[C@H](O)[C@@H](CO)O2)n1. The Morgan fingerprint density at radius 3 is 2.71 bits per heavy atom. The lowest BCUT2D eigenvalue weighted by molar-refractivity contribution is -0.0226. The number of nitrogens with zero attached hydrogens (tertiary/aromatic N) is 2. The number of carbonyl (C=O) groups is 1. The fourth-order valence-electron chi connectivity index (χ4n) is 3.36. The molecule has 2 aliphatic heterocycles. The third-order valence-corrected chi connectivity index (χ3v) is 5.87. The van der Waals surface area contributed by atoms with Crippen LogP contribution in [0.3, 0.4) is 0 Å². The molecule has 1 amide bonds. The fourth-order valence-corrected chi connectivity index (χ4v) is 4.21. The molecule has 2 saturated heterocycles. The van der Waals surface area contributed by atoms with Crippen molar-refractivity contribution < 1.29 is 24.5 Å². The second-order valence-corrected chi connectivity index (χ2v) is 7.71. The van der Waals surface area contributed by atoms with Crippen LogP contribution in [0.5, 0.6) is 0 Å². The highest BCUT2D eigenvalue weighted by molar-refractivity contribution is 7.09. The Morgan fingerprint density at radius 2 is 2.04 bits per heavy atom. The third-order valence-electron chi connectivity index (χ3n) is 4.94. The van der Waals surface area contributed by atoms with Crippen molar-refractivity contribution in [3.8, 4) is 0 Å². The molecule has 8 nitrogen and oxygen atoms in total. The van der Waals surface area contributed by atoms with E-state index in [1.165, 1.54) is 11.3 Å². The molecule has 0 spiro atoms. The highest BCUT2D eigenvalue weighted by Gasteiger charge is 2.36. The molecule has 28 heavy (non-hydrogen) atoms. The van der Waals surface area contributed by atoms with Gasteiger partial charge in [-0.15, -0.1) is 11.3 Å². The molecule has 0 saturated carbocycles. The maximum Gasteiger partial charge on any atom is 0.275 e. The minimum absolute atomic E-state index is 0.239. The van der Waals surface area contributed by atoms with Crippen molar-refractivity contribution in [2.24, 2.45) is 0 Å². The zero-order valence-corrected chi connectivity index (χ0v) is 16.1. The van der Waals surface area contributed by atoms with Crippen LogP contribution < -0.4 is 10.2 Å². The summed E-state index contributed by atoms with van der Waals surface area (Å²) in [5.41, 5.74) is 2.11. The molecule has 3 heterocycles. The van der Waals surface area contributed by atoms with Gasteiger partial charge in [0.05, 0.1) is 25.9 Å². The molecule has 2 aromatic rings. The van der Waals surface area contributed by atoms with Crippen LogP contribution in [-0.2, 0) is 9.47 Å². The predicted molar refractivity (Wildman–Crippen MR) is 105 cm³/mol. The van der Waals surface area contributed by atoms with E-state index in [1.807, 2.05) is 24.3 Å². The molecule has 0 aliphatic carbocycles. The first kappa shape index (κ1) is 19.3. The first-order valence-electron chi connectivity index (χ1n) is 9.28. The number of amides is 1. The molecule has 0 unspecified atom stereocenters. The maximum atomic E-state index is 12.5. The Morgan fingerprint density at radius 1 is 1.29 bits per heavy atom. The minimum atomic E-state index is -0.721. The van der Waals surface area contributed by atoms with Gasteiger partial charge >= 0.3 is 0 Å². The number of benzene rings is 1. The highest BCUT2D eigenvalue weighted by atomic mass is 32.1. The van der Waals surface area contributed by atoms with E-state index in [0.717, 1.165) is 32.0 Å². The second kappa shape index (κ2) is 8.54. The van der Waals surface area contributed by atoms with Gasteiger partial charge in [0.15, 0.2) is 0 Å². The summed E-state index contributed by atoms with van der Waals surface area (Å²) in [6, 6.07) is 7.71. The second-order valence-electron chi connectivity index (χ2n) is 6.82. The van der Waals surface area contributed by atoms with E-state index >= 15 is 0 Å². The molecule has 3 atom stereocenters. The molecule has 1 aromatic carbocycles. The van der Waals surface area contributed by atoms with Crippen LogP contribution in [0.15, 0.2) is 29.6 Å². The van der Waals surface area contributed by atoms with Gasteiger partial charge in [-0.25, -0.2) is 4.98 Å². The quantitative estimate of drug-likeness (QED) is 0.691. The van der Waals surface area contributed by atoms with Crippen LogP contribution in [0, 0.1) is 0 Å². The van der Waals surface area contributed by atoms with Crippen LogP contribution >= 0.6 is 11.3 Å². The molecule has 150 valence electrons. The van der Waals surface area contributed by atoms with Crippen molar-refractivity contribution >= 4 is 28.6 Å². The van der Waals surface area contributed by atoms with Crippen LogP contribution in [0.2, 0.25) is 0 Å². The van der Waals surface area contributed by atoms with E-state index in [9.17, 15) is 15.0 Å². The summed E-state index contributed by atoms with van der Waals surface area (Å²) < 4.78 is 11.0. The lowest BCUT2D eigenvalue weighted by Gasteiger charge is -2.28. The third kappa shape index (κ3) is 4.18. The van der Waals surface area contributed by atoms with E-state index in [1.54, 1.807) is 5.38 Å². The standard InChI is InChI=1S/C19H23N3O5S/c23-10-17-15(24)9-16(27-17)19-21-14(11-28-19)18(25)20-12-1-3-13(4-2-12)22-5-7-26-8-6-22/h1-4,11,15-17,23-24H,5-10H2,(H,20,25)/t15-,16-,17+/m0/s1. The van der Waals surface area contributed by atoms with Crippen LogP contribution in [-0.4, -0.2) is 66.2 Å². The summed E-state index contributed by atoms with van der Waals surface area (Å²) in [4.78, 5) is 19.1. The molecule has 9 heteroatoms. The average Bonchev–Trinajstić information content (AvgIpc) is 3.36. The molecule has 0 bridgehead atoms. The molecule has 4 rings (SSSR count). The summed E-state index contributed by atoms with van der Waals surface area (Å²) >= 11 is 1.31. The summed E-state index contributed by atoms with van der Waals surface area (Å²) in [5, 5.41) is 24.2. The molecule has 0 radical (unpaired) electrons. The summed E-state index contributed by atoms with van der Waals surface area (Å²) in [6.07, 6.45) is -1.35. The summed E-state index contributed by atoms with van der Waals surface area (Å²) in [6.45, 7) is 2.94. The van der Waals surface area contributed by atoms with Gasteiger partial charge in [-0.2, -0.15) is 0 Å². The zero-order chi connectivity index (χ0) is 19.5. The van der Waals surface area contributed by atoms with Gasteiger partial charge in [0.2, 0.25) is 0 Å². The zero-order valence-electron chi connectivity index (χ0n) is 15.3. The van der Waals surface area contributed by atoms with Crippen molar-refractivity contribution in [2.45, 2.75) is 24.7 Å². The Labute approximate surface area is 166 Å².